The number of hydrogen-bond acceptors (Lipinski definition) is 3. The van der Waals surface area contributed by atoms with Crippen LogP contribution in [0.4, 0.5) is 5.69 Å². The Labute approximate surface area is 162 Å². The van der Waals surface area contributed by atoms with Crippen LogP contribution >= 0.6 is 15.9 Å². The first-order chi connectivity index (χ1) is 12.4. The van der Waals surface area contributed by atoms with Gasteiger partial charge in [0.25, 0.3) is 11.8 Å². The van der Waals surface area contributed by atoms with Crippen LogP contribution in [0.2, 0.25) is 0 Å². The predicted molar refractivity (Wildman–Crippen MR) is 107 cm³/mol. The van der Waals surface area contributed by atoms with E-state index in [1.807, 2.05) is 26.0 Å². The summed E-state index contributed by atoms with van der Waals surface area (Å²) in [4.78, 5) is 26.5. The topological polar surface area (TPSA) is 58.6 Å². The minimum absolute atomic E-state index is 0.0507. The molecule has 0 bridgehead atoms. The molecule has 1 N–H and O–H groups in total. The first-order valence-electron chi connectivity index (χ1n) is 8.57. The number of halogens is 1. The van der Waals surface area contributed by atoms with Crippen LogP contribution in [-0.2, 0) is 4.79 Å². The van der Waals surface area contributed by atoms with Crippen molar-refractivity contribution in [2.45, 2.75) is 26.9 Å². The van der Waals surface area contributed by atoms with Crippen molar-refractivity contribution in [3.05, 3.63) is 58.6 Å². The zero-order chi connectivity index (χ0) is 19.1. The molecule has 1 atom stereocenters. The molecule has 26 heavy (non-hydrogen) atoms. The van der Waals surface area contributed by atoms with E-state index in [1.165, 1.54) is 0 Å². The summed E-state index contributed by atoms with van der Waals surface area (Å²) in [5.74, 6) is 0.284. The first kappa shape index (κ1) is 20.0. The van der Waals surface area contributed by atoms with E-state index in [4.69, 9.17) is 4.74 Å². The average Bonchev–Trinajstić information content (AvgIpc) is 2.64. The summed E-state index contributed by atoms with van der Waals surface area (Å²) in [6, 6.07) is 14.2. The number of nitrogens with zero attached hydrogens (tertiary/aromatic N) is 1. The Morgan fingerprint density at radius 2 is 1.77 bits per heavy atom. The highest BCUT2D eigenvalue weighted by atomic mass is 79.9. The molecular weight excluding hydrogens is 396 g/mol. The van der Waals surface area contributed by atoms with E-state index in [0.29, 0.717) is 30.1 Å². The fourth-order valence-corrected chi connectivity index (χ4v) is 2.70. The molecule has 0 heterocycles. The van der Waals surface area contributed by atoms with Crippen LogP contribution in [-0.4, -0.2) is 35.9 Å². The van der Waals surface area contributed by atoms with E-state index in [-0.39, 0.29) is 11.8 Å². The van der Waals surface area contributed by atoms with Crippen LogP contribution < -0.4 is 10.1 Å². The first-order valence-corrected chi connectivity index (χ1v) is 9.36. The standard InChI is InChI=1S/C20H23BrN2O3/c1-4-23(5-2)20(25)15-7-6-8-17(13-15)22-19(24)14(3)26-18-11-9-16(21)10-12-18/h6-14H,4-5H2,1-3H3,(H,22,24)/t14-/m1/s1. The number of amides is 2. The fourth-order valence-electron chi connectivity index (χ4n) is 2.44. The highest BCUT2D eigenvalue weighted by Gasteiger charge is 2.17. The number of carbonyl (C=O) groups is 2. The van der Waals surface area contributed by atoms with Crippen LogP contribution in [0.15, 0.2) is 53.0 Å². The van der Waals surface area contributed by atoms with Gasteiger partial charge in [-0.3, -0.25) is 9.59 Å². The fraction of sp³-hybridized carbons (Fsp3) is 0.300. The van der Waals surface area contributed by atoms with Crippen molar-refractivity contribution >= 4 is 33.4 Å². The van der Waals surface area contributed by atoms with Gasteiger partial charge in [0.1, 0.15) is 5.75 Å². The lowest BCUT2D eigenvalue weighted by Crippen LogP contribution is -2.31. The van der Waals surface area contributed by atoms with E-state index in [0.717, 1.165) is 4.47 Å². The Kier molecular flexibility index (Phi) is 7.21. The zero-order valence-electron chi connectivity index (χ0n) is 15.2. The summed E-state index contributed by atoms with van der Waals surface area (Å²) in [6.45, 7) is 6.85. The van der Waals surface area contributed by atoms with Gasteiger partial charge in [0.15, 0.2) is 6.10 Å². The molecule has 2 amide bonds. The number of benzene rings is 2. The highest BCUT2D eigenvalue weighted by Crippen LogP contribution is 2.18. The molecule has 2 aromatic rings. The second-order valence-corrected chi connectivity index (χ2v) is 6.68. The van der Waals surface area contributed by atoms with Gasteiger partial charge in [-0.05, 0) is 63.2 Å². The maximum atomic E-state index is 12.4. The van der Waals surface area contributed by atoms with Gasteiger partial charge in [0.2, 0.25) is 0 Å². The third-order valence-electron chi connectivity index (χ3n) is 3.92. The molecular formula is C20H23BrN2O3. The molecule has 2 rings (SSSR count). The van der Waals surface area contributed by atoms with Crippen LogP contribution in [0.25, 0.3) is 0 Å². The summed E-state index contributed by atoms with van der Waals surface area (Å²) in [5, 5.41) is 2.80. The quantitative estimate of drug-likeness (QED) is 0.727. The molecule has 0 radical (unpaired) electrons. The molecule has 0 unspecified atom stereocenters. The Morgan fingerprint density at radius 1 is 1.12 bits per heavy atom. The number of anilines is 1. The summed E-state index contributed by atoms with van der Waals surface area (Å²) < 4.78 is 6.59. The second-order valence-electron chi connectivity index (χ2n) is 5.76. The molecule has 0 aliphatic heterocycles. The molecule has 2 aromatic carbocycles. The van der Waals surface area contributed by atoms with Crippen molar-refractivity contribution in [2.24, 2.45) is 0 Å². The normalized spacial score (nSPS) is 11.5. The summed E-state index contributed by atoms with van der Waals surface area (Å²) in [5.41, 5.74) is 1.12. The maximum absolute atomic E-state index is 12.4. The molecule has 0 spiro atoms. The van der Waals surface area contributed by atoms with Crippen molar-refractivity contribution in [3.63, 3.8) is 0 Å². The van der Waals surface area contributed by atoms with E-state index in [2.05, 4.69) is 21.2 Å². The SMILES string of the molecule is CCN(CC)C(=O)c1cccc(NC(=O)[C@@H](C)Oc2ccc(Br)cc2)c1. The Morgan fingerprint density at radius 3 is 2.38 bits per heavy atom. The van der Waals surface area contributed by atoms with E-state index >= 15 is 0 Å². The number of carbonyl (C=O) groups excluding carboxylic acids is 2. The molecule has 0 fully saturated rings. The lowest BCUT2D eigenvalue weighted by atomic mass is 10.1. The highest BCUT2D eigenvalue weighted by molar-refractivity contribution is 9.10. The molecule has 5 nitrogen and oxygen atoms in total. The third-order valence-corrected chi connectivity index (χ3v) is 4.45. The maximum Gasteiger partial charge on any atom is 0.265 e. The lowest BCUT2D eigenvalue weighted by Gasteiger charge is -2.19. The van der Waals surface area contributed by atoms with Crippen molar-refractivity contribution in [2.75, 3.05) is 18.4 Å². The van der Waals surface area contributed by atoms with E-state index in [1.54, 1.807) is 48.2 Å². The van der Waals surface area contributed by atoms with Crippen molar-refractivity contribution in [1.82, 2.24) is 4.90 Å². The van der Waals surface area contributed by atoms with E-state index < -0.39 is 6.10 Å². The van der Waals surface area contributed by atoms with Crippen LogP contribution in [0.1, 0.15) is 31.1 Å². The molecule has 0 saturated heterocycles. The monoisotopic (exact) mass is 418 g/mol. The molecule has 0 aliphatic rings. The Bertz CT molecular complexity index is 758. The minimum atomic E-state index is -0.668. The van der Waals surface area contributed by atoms with Crippen LogP contribution in [0, 0.1) is 0 Å². The number of rotatable bonds is 7. The van der Waals surface area contributed by atoms with Gasteiger partial charge in [-0.1, -0.05) is 22.0 Å². The molecule has 0 aliphatic carbocycles. The van der Waals surface area contributed by atoms with Gasteiger partial charge in [-0.2, -0.15) is 0 Å². The summed E-state index contributed by atoms with van der Waals surface area (Å²) in [7, 11) is 0. The van der Waals surface area contributed by atoms with Gasteiger partial charge in [-0.15, -0.1) is 0 Å². The third kappa shape index (κ3) is 5.33. The molecule has 0 aromatic heterocycles. The van der Waals surface area contributed by atoms with Crippen molar-refractivity contribution < 1.29 is 14.3 Å². The van der Waals surface area contributed by atoms with Crippen LogP contribution in [0.3, 0.4) is 0 Å². The van der Waals surface area contributed by atoms with E-state index in [9.17, 15) is 9.59 Å². The second kappa shape index (κ2) is 9.38. The predicted octanol–water partition coefficient (Wildman–Crippen LogP) is 4.34. The Balaban J connectivity index is 2.03. The smallest absolute Gasteiger partial charge is 0.265 e. The minimum Gasteiger partial charge on any atom is -0.481 e. The largest absolute Gasteiger partial charge is 0.481 e. The molecule has 0 saturated carbocycles. The van der Waals surface area contributed by atoms with Gasteiger partial charge < -0.3 is 15.0 Å². The number of hydrogen-bond donors (Lipinski definition) is 1. The summed E-state index contributed by atoms with van der Waals surface area (Å²) >= 11 is 3.36. The van der Waals surface area contributed by atoms with Gasteiger partial charge in [0.05, 0.1) is 0 Å². The number of nitrogens with one attached hydrogen (secondary N) is 1. The van der Waals surface area contributed by atoms with Crippen LogP contribution in [0.5, 0.6) is 5.75 Å². The molecule has 6 heteroatoms. The average molecular weight is 419 g/mol. The molecule has 138 valence electrons. The van der Waals surface area contributed by atoms with Gasteiger partial charge in [-0.25, -0.2) is 0 Å². The summed E-state index contributed by atoms with van der Waals surface area (Å²) in [6.07, 6.45) is -0.668. The van der Waals surface area contributed by atoms with Gasteiger partial charge in [0, 0.05) is 28.8 Å². The zero-order valence-corrected chi connectivity index (χ0v) is 16.7. The van der Waals surface area contributed by atoms with Gasteiger partial charge >= 0.3 is 0 Å². The Hall–Kier alpha value is -2.34. The lowest BCUT2D eigenvalue weighted by molar-refractivity contribution is -0.122. The van der Waals surface area contributed by atoms with Crippen molar-refractivity contribution in [3.8, 4) is 5.75 Å². The number of ether oxygens (including phenoxy) is 1. The van der Waals surface area contributed by atoms with Crippen molar-refractivity contribution in [1.29, 1.82) is 0 Å².